The van der Waals surface area contributed by atoms with E-state index >= 15 is 0 Å². The van der Waals surface area contributed by atoms with Crippen LogP contribution in [0, 0.1) is 11.8 Å². The summed E-state index contributed by atoms with van der Waals surface area (Å²) in [5.74, 6) is -0.827. The molecular weight excluding hydrogens is 204 g/mol. The number of ether oxygens (including phenoxy) is 1. The van der Waals surface area contributed by atoms with Crippen molar-refractivity contribution in [3.63, 3.8) is 0 Å². The third-order valence-electron chi connectivity index (χ3n) is 2.42. The highest BCUT2D eigenvalue weighted by Gasteiger charge is 2.38. The van der Waals surface area contributed by atoms with Crippen molar-refractivity contribution < 1.29 is 14.6 Å². The van der Waals surface area contributed by atoms with Gasteiger partial charge < -0.3 is 9.84 Å². The Labute approximate surface area is 98.5 Å². The second-order valence-electron chi connectivity index (χ2n) is 4.92. The number of carbonyl (C=O) groups is 1. The van der Waals surface area contributed by atoms with E-state index in [4.69, 9.17) is 4.74 Å². The molecular formula is C13H24O3. The fourth-order valence-electron chi connectivity index (χ4n) is 2.09. The van der Waals surface area contributed by atoms with Crippen molar-refractivity contribution >= 4 is 5.97 Å². The zero-order chi connectivity index (χ0) is 12.9. The fourth-order valence-corrected chi connectivity index (χ4v) is 2.09. The molecule has 0 spiro atoms. The maximum atomic E-state index is 11.8. The van der Waals surface area contributed by atoms with Crippen LogP contribution in [0.5, 0.6) is 0 Å². The van der Waals surface area contributed by atoms with E-state index in [1.807, 2.05) is 27.7 Å². The van der Waals surface area contributed by atoms with Crippen LogP contribution in [0.4, 0.5) is 0 Å². The molecule has 3 nitrogen and oxygen atoms in total. The molecule has 2 unspecified atom stereocenters. The van der Waals surface area contributed by atoms with Crippen molar-refractivity contribution in [3.05, 3.63) is 11.6 Å². The zero-order valence-electron chi connectivity index (χ0n) is 11.2. The molecule has 0 radical (unpaired) electrons. The third-order valence-corrected chi connectivity index (χ3v) is 2.42. The molecule has 0 amide bonds. The largest absolute Gasteiger partial charge is 0.466 e. The van der Waals surface area contributed by atoms with Crippen molar-refractivity contribution in [2.75, 3.05) is 6.61 Å². The van der Waals surface area contributed by atoms with Crippen molar-refractivity contribution in [1.82, 2.24) is 0 Å². The van der Waals surface area contributed by atoms with Crippen LogP contribution in [0.15, 0.2) is 11.6 Å². The van der Waals surface area contributed by atoms with Gasteiger partial charge in [0.1, 0.15) is 0 Å². The number of hydrogen-bond donors (Lipinski definition) is 1. The predicted molar refractivity (Wildman–Crippen MR) is 65.0 cm³/mol. The van der Waals surface area contributed by atoms with Gasteiger partial charge in [-0.2, -0.15) is 0 Å². The van der Waals surface area contributed by atoms with Gasteiger partial charge in [0.2, 0.25) is 0 Å². The van der Waals surface area contributed by atoms with Crippen LogP contribution in [0.25, 0.3) is 0 Å². The van der Waals surface area contributed by atoms with E-state index in [-0.39, 0.29) is 11.9 Å². The lowest BCUT2D eigenvalue weighted by atomic mass is 9.80. The van der Waals surface area contributed by atoms with Gasteiger partial charge in [0, 0.05) is 0 Å². The van der Waals surface area contributed by atoms with E-state index in [9.17, 15) is 9.90 Å². The van der Waals surface area contributed by atoms with Crippen LogP contribution in [-0.2, 0) is 9.53 Å². The molecule has 0 aliphatic carbocycles. The normalized spacial score (nSPS) is 16.5. The van der Waals surface area contributed by atoms with Gasteiger partial charge in [0.15, 0.2) is 0 Å². The second-order valence-corrected chi connectivity index (χ2v) is 4.92. The lowest BCUT2D eigenvalue weighted by Gasteiger charge is -2.31. The molecule has 0 saturated carbocycles. The smallest absolute Gasteiger partial charge is 0.312 e. The van der Waals surface area contributed by atoms with Gasteiger partial charge in [-0.1, -0.05) is 25.5 Å². The van der Waals surface area contributed by atoms with Gasteiger partial charge in [-0.3, -0.25) is 4.79 Å². The summed E-state index contributed by atoms with van der Waals surface area (Å²) < 4.78 is 5.01. The first-order valence-electron chi connectivity index (χ1n) is 5.77. The number of allylic oxidation sites excluding steroid dienone is 1. The lowest BCUT2D eigenvalue weighted by molar-refractivity contribution is -0.157. The summed E-state index contributed by atoms with van der Waals surface area (Å²) in [4.78, 5) is 11.8. The molecule has 0 saturated heterocycles. The average molecular weight is 228 g/mol. The molecule has 0 aromatic rings. The maximum absolute atomic E-state index is 11.8. The number of carbonyl (C=O) groups excluding carboxylic acids is 1. The molecule has 94 valence electrons. The molecule has 0 bridgehead atoms. The average Bonchev–Trinajstić information content (AvgIpc) is 1.99. The Morgan fingerprint density at radius 1 is 1.44 bits per heavy atom. The van der Waals surface area contributed by atoms with Crippen molar-refractivity contribution in [1.29, 1.82) is 0 Å². The van der Waals surface area contributed by atoms with E-state index in [0.29, 0.717) is 6.61 Å². The SMILES string of the molecule is CCOC(=O)C(C(C)C)C(C)(O)C=C(C)C. The standard InChI is InChI=1S/C13H24O3/c1-7-16-12(14)11(10(4)5)13(6,15)8-9(2)3/h8,10-11,15H,7H2,1-6H3. The summed E-state index contributed by atoms with van der Waals surface area (Å²) in [5, 5.41) is 10.3. The lowest BCUT2D eigenvalue weighted by Crippen LogP contribution is -2.42. The van der Waals surface area contributed by atoms with E-state index < -0.39 is 11.5 Å². The molecule has 0 aromatic carbocycles. The van der Waals surface area contributed by atoms with Crippen LogP contribution < -0.4 is 0 Å². The van der Waals surface area contributed by atoms with Gasteiger partial charge in [0.05, 0.1) is 18.1 Å². The number of hydrogen-bond acceptors (Lipinski definition) is 3. The summed E-state index contributed by atoms with van der Waals surface area (Å²) in [5.41, 5.74) is -0.167. The quantitative estimate of drug-likeness (QED) is 0.581. The minimum Gasteiger partial charge on any atom is -0.466 e. The Kier molecular flexibility index (Phi) is 5.73. The fraction of sp³-hybridized carbons (Fsp3) is 0.769. The van der Waals surface area contributed by atoms with Gasteiger partial charge in [-0.25, -0.2) is 0 Å². The molecule has 3 heteroatoms. The predicted octanol–water partition coefficient (Wildman–Crippen LogP) is 2.54. The van der Waals surface area contributed by atoms with Crippen LogP contribution in [0.3, 0.4) is 0 Å². The Morgan fingerprint density at radius 3 is 2.25 bits per heavy atom. The minimum atomic E-state index is -1.15. The van der Waals surface area contributed by atoms with Crippen molar-refractivity contribution in [3.8, 4) is 0 Å². The molecule has 0 aliphatic rings. The van der Waals surface area contributed by atoms with Gasteiger partial charge in [0.25, 0.3) is 0 Å². The van der Waals surface area contributed by atoms with Crippen LogP contribution >= 0.6 is 0 Å². The number of esters is 1. The van der Waals surface area contributed by atoms with Gasteiger partial charge in [-0.05, 0) is 33.6 Å². The van der Waals surface area contributed by atoms with E-state index in [0.717, 1.165) is 5.57 Å². The molecule has 0 fully saturated rings. The maximum Gasteiger partial charge on any atom is 0.312 e. The van der Waals surface area contributed by atoms with Crippen LogP contribution in [-0.4, -0.2) is 23.3 Å². The van der Waals surface area contributed by atoms with E-state index in [1.54, 1.807) is 19.9 Å². The zero-order valence-corrected chi connectivity index (χ0v) is 11.2. The van der Waals surface area contributed by atoms with Crippen molar-refractivity contribution in [2.24, 2.45) is 11.8 Å². The molecule has 0 heterocycles. The second kappa shape index (κ2) is 6.04. The summed E-state index contributed by atoms with van der Waals surface area (Å²) in [6, 6.07) is 0. The summed E-state index contributed by atoms with van der Waals surface area (Å²) in [6.07, 6.45) is 1.72. The Bertz CT molecular complexity index is 260. The first kappa shape index (κ1) is 15.2. The van der Waals surface area contributed by atoms with Crippen LogP contribution in [0.2, 0.25) is 0 Å². The van der Waals surface area contributed by atoms with Crippen molar-refractivity contribution in [2.45, 2.75) is 47.1 Å². The summed E-state index contributed by atoms with van der Waals surface area (Å²) in [7, 11) is 0. The first-order valence-corrected chi connectivity index (χ1v) is 5.77. The Morgan fingerprint density at radius 2 is 1.94 bits per heavy atom. The first-order chi connectivity index (χ1) is 7.22. The number of aliphatic hydroxyl groups is 1. The molecule has 16 heavy (non-hydrogen) atoms. The molecule has 2 atom stereocenters. The third kappa shape index (κ3) is 4.35. The molecule has 0 aliphatic heterocycles. The monoisotopic (exact) mass is 228 g/mol. The van der Waals surface area contributed by atoms with E-state index in [1.165, 1.54) is 0 Å². The summed E-state index contributed by atoms with van der Waals surface area (Å²) in [6.45, 7) is 11.4. The Hall–Kier alpha value is -0.830. The molecule has 0 rings (SSSR count). The van der Waals surface area contributed by atoms with E-state index in [2.05, 4.69) is 0 Å². The van der Waals surface area contributed by atoms with Crippen LogP contribution in [0.1, 0.15) is 41.5 Å². The number of rotatable bonds is 5. The highest BCUT2D eigenvalue weighted by Crippen LogP contribution is 2.28. The van der Waals surface area contributed by atoms with Gasteiger partial charge >= 0.3 is 5.97 Å². The minimum absolute atomic E-state index is 0.0321. The highest BCUT2D eigenvalue weighted by molar-refractivity contribution is 5.74. The summed E-state index contributed by atoms with van der Waals surface area (Å²) >= 11 is 0. The molecule has 1 N–H and O–H groups in total. The molecule has 0 aromatic heterocycles. The Balaban J connectivity index is 5.05. The topological polar surface area (TPSA) is 46.5 Å². The van der Waals surface area contributed by atoms with Gasteiger partial charge in [-0.15, -0.1) is 0 Å². The highest BCUT2D eigenvalue weighted by atomic mass is 16.5.